The van der Waals surface area contributed by atoms with Crippen LogP contribution in [0.25, 0.3) is 6.08 Å². The first-order valence-electron chi connectivity index (χ1n) is 9.63. The van der Waals surface area contributed by atoms with Crippen LogP contribution in [-0.2, 0) is 17.6 Å². The molecule has 0 aliphatic heterocycles. The number of nitrogens with zero attached hydrogens (tertiary/aromatic N) is 1. The molecular formula is C23H25ClN2OS. The van der Waals surface area contributed by atoms with Gasteiger partial charge in [0.25, 0.3) is 0 Å². The van der Waals surface area contributed by atoms with E-state index in [2.05, 4.69) is 32.2 Å². The number of benzene rings is 1. The normalized spacial score (nSPS) is 16.6. The second-order valence-corrected chi connectivity index (χ2v) is 9.52. The summed E-state index contributed by atoms with van der Waals surface area (Å²) in [6.45, 7) is 6.89. The summed E-state index contributed by atoms with van der Waals surface area (Å²) in [4.78, 5) is 13.6. The first-order chi connectivity index (χ1) is 13.3. The lowest BCUT2D eigenvalue weighted by atomic mass is 9.69. The standard InChI is InChI=1S/C23H25ClN2OS/c1-4-23(2,3)16-8-11-18-19(14-25)22(28-20(18)13-16)26-21(27)12-7-15-5-9-17(24)10-6-15/h5-7,9-10,12,16H,4,8,11,13H2,1-3H3,(H,26,27). The van der Waals surface area contributed by atoms with E-state index in [1.165, 1.54) is 11.0 Å². The van der Waals surface area contributed by atoms with Crippen LogP contribution in [0, 0.1) is 22.7 Å². The second-order valence-electron chi connectivity index (χ2n) is 7.98. The van der Waals surface area contributed by atoms with Gasteiger partial charge in [0, 0.05) is 16.0 Å². The van der Waals surface area contributed by atoms with Gasteiger partial charge >= 0.3 is 0 Å². The van der Waals surface area contributed by atoms with E-state index in [9.17, 15) is 10.1 Å². The van der Waals surface area contributed by atoms with Gasteiger partial charge in [-0.25, -0.2) is 0 Å². The average molecular weight is 413 g/mol. The summed E-state index contributed by atoms with van der Waals surface area (Å²) >= 11 is 7.44. The molecule has 3 nitrogen and oxygen atoms in total. The third-order valence-electron chi connectivity index (χ3n) is 5.93. The molecule has 0 radical (unpaired) electrons. The summed E-state index contributed by atoms with van der Waals surface area (Å²) < 4.78 is 0. The molecule has 1 heterocycles. The summed E-state index contributed by atoms with van der Waals surface area (Å²) in [7, 11) is 0. The molecule has 1 aromatic heterocycles. The molecule has 28 heavy (non-hydrogen) atoms. The van der Waals surface area contributed by atoms with Crippen molar-refractivity contribution in [2.75, 3.05) is 5.32 Å². The number of fused-ring (bicyclic) bond motifs is 1. The van der Waals surface area contributed by atoms with Crippen molar-refractivity contribution in [3.8, 4) is 6.07 Å². The number of amides is 1. The van der Waals surface area contributed by atoms with Crippen molar-refractivity contribution in [2.24, 2.45) is 11.3 Å². The predicted molar refractivity (Wildman–Crippen MR) is 118 cm³/mol. The number of carbonyl (C=O) groups excluding carboxylic acids is 1. The Labute approximate surface area is 176 Å². The Kier molecular flexibility index (Phi) is 6.27. The van der Waals surface area contributed by atoms with E-state index >= 15 is 0 Å². The first kappa shape index (κ1) is 20.6. The number of hydrogen-bond acceptors (Lipinski definition) is 3. The molecule has 1 amide bonds. The van der Waals surface area contributed by atoms with Crippen molar-refractivity contribution in [1.29, 1.82) is 5.26 Å². The quantitative estimate of drug-likeness (QED) is 0.572. The van der Waals surface area contributed by atoms with Crippen LogP contribution in [0.3, 0.4) is 0 Å². The molecule has 1 aliphatic rings. The monoisotopic (exact) mass is 412 g/mol. The van der Waals surface area contributed by atoms with Crippen molar-refractivity contribution in [3.05, 3.63) is 56.9 Å². The van der Waals surface area contributed by atoms with Gasteiger partial charge in [-0.05, 0) is 59.9 Å². The zero-order valence-electron chi connectivity index (χ0n) is 16.5. The molecule has 1 unspecified atom stereocenters. The molecule has 1 atom stereocenters. The van der Waals surface area contributed by atoms with Crippen LogP contribution in [0.2, 0.25) is 5.02 Å². The molecule has 1 aliphatic carbocycles. The third-order valence-corrected chi connectivity index (χ3v) is 7.35. The Bertz CT molecular complexity index is 935. The van der Waals surface area contributed by atoms with Gasteiger partial charge in [-0.15, -0.1) is 11.3 Å². The fourth-order valence-electron chi connectivity index (χ4n) is 3.65. The maximum absolute atomic E-state index is 12.4. The Hall–Kier alpha value is -2.09. The number of carbonyl (C=O) groups is 1. The van der Waals surface area contributed by atoms with Gasteiger partial charge in [-0.3, -0.25) is 4.79 Å². The minimum absolute atomic E-state index is 0.226. The fourth-order valence-corrected chi connectivity index (χ4v) is 5.05. The van der Waals surface area contributed by atoms with E-state index in [0.717, 1.165) is 36.8 Å². The molecule has 146 valence electrons. The summed E-state index contributed by atoms with van der Waals surface area (Å²) in [6.07, 6.45) is 7.38. The highest BCUT2D eigenvalue weighted by Crippen LogP contribution is 2.45. The Balaban J connectivity index is 1.76. The molecule has 2 aromatic rings. The van der Waals surface area contributed by atoms with Gasteiger partial charge in [0.1, 0.15) is 11.1 Å². The maximum atomic E-state index is 12.4. The van der Waals surface area contributed by atoms with Crippen LogP contribution in [0.1, 0.15) is 55.2 Å². The largest absolute Gasteiger partial charge is 0.313 e. The van der Waals surface area contributed by atoms with Gasteiger partial charge in [0.2, 0.25) is 5.91 Å². The number of hydrogen-bond donors (Lipinski definition) is 1. The predicted octanol–water partition coefficient (Wildman–Crippen LogP) is 6.47. The number of nitrogens with one attached hydrogen (secondary N) is 1. The van der Waals surface area contributed by atoms with Crippen molar-refractivity contribution in [2.45, 2.75) is 46.5 Å². The molecule has 3 rings (SSSR count). The summed E-state index contributed by atoms with van der Waals surface area (Å²) in [5.41, 5.74) is 2.96. The fraction of sp³-hybridized carbons (Fsp3) is 0.391. The highest BCUT2D eigenvalue weighted by atomic mass is 35.5. The van der Waals surface area contributed by atoms with Crippen molar-refractivity contribution in [3.63, 3.8) is 0 Å². The van der Waals surface area contributed by atoms with Gasteiger partial charge in [-0.1, -0.05) is 50.9 Å². The molecule has 0 saturated heterocycles. The lowest BCUT2D eigenvalue weighted by Gasteiger charge is -2.36. The lowest BCUT2D eigenvalue weighted by molar-refractivity contribution is -0.111. The SMILES string of the molecule is CCC(C)(C)C1CCc2c(sc(NC(=O)C=Cc3ccc(Cl)cc3)c2C#N)C1. The van der Waals surface area contributed by atoms with E-state index in [-0.39, 0.29) is 5.91 Å². The van der Waals surface area contributed by atoms with Crippen LogP contribution in [-0.4, -0.2) is 5.91 Å². The number of anilines is 1. The molecule has 1 N–H and O–H groups in total. The van der Waals surface area contributed by atoms with Crippen LogP contribution in [0.15, 0.2) is 30.3 Å². The van der Waals surface area contributed by atoms with Crippen molar-refractivity contribution < 1.29 is 4.79 Å². The maximum Gasteiger partial charge on any atom is 0.249 e. The second kappa shape index (κ2) is 8.51. The van der Waals surface area contributed by atoms with Gasteiger partial charge in [0.15, 0.2) is 0 Å². The highest BCUT2D eigenvalue weighted by molar-refractivity contribution is 7.16. The molecule has 0 fully saturated rings. The molecular weight excluding hydrogens is 388 g/mol. The topological polar surface area (TPSA) is 52.9 Å². The van der Waals surface area contributed by atoms with E-state index < -0.39 is 0 Å². The number of nitriles is 1. The van der Waals surface area contributed by atoms with E-state index in [1.807, 2.05) is 12.1 Å². The minimum atomic E-state index is -0.226. The molecule has 0 saturated carbocycles. The van der Waals surface area contributed by atoms with Gasteiger partial charge in [0.05, 0.1) is 5.56 Å². The van der Waals surface area contributed by atoms with E-state index in [0.29, 0.717) is 26.9 Å². The molecule has 0 spiro atoms. The molecule has 0 bridgehead atoms. The average Bonchev–Trinajstić information content (AvgIpc) is 3.03. The number of thiophene rings is 1. The summed E-state index contributed by atoms with van der Waals surface area (Å²) in [5, 5.41) is 13.9. The summed E-state index contributed by atoms with van der Waals surface area (Å²) in [5.74, 6) is 0.388. The van der Waals surface area contributed by atoms with Crippen LogP contribution in [0.5, 0.6) is 0 Å². The van der Waals surface area contributed by atoms with Crippen LogP contribution in [0.4, 0.5) is 5.00 Å². The summed E-state index contributed by atoms with van der Waals surface area (Å²) in [6, 6.07) is 9.59. The molecule has 1 aromatic carbocycles. The highest BCUT2D eigenvalue weighted by Gasteiger charge is 2.33. The minimum Gasteiger partial charge on any atom is -0.313 e. The van der Waals surface area contributed by atoms with Gasteiger partial charge < -0.3 is 5.32 Å². The van der Waals surface area contributed by atoms with Crippen LogP contribution < -0.4 is 5.32 Å². The van der Waals surface area contributed by atoms with E-state index in [1.54, 1.807) is 29.5 Å². The number of halogens is 1. The van der Waals surface area contributed by atoms with Crippen molar-refractivity contribution >= 4 is 39.9 Å². The first-order valence-corrected chi connectivity index (χ1v) is 10.8. The Morgan fingerprint density at radius 3 is 2.75 bits per heavy atom. The third kappa shape index (κ3) is 4.48. The van der Waals surface area contributed by atoms with Crippen LogP contribution >= 0.6 is 22.9 Å². The Morgan fingerprint density at radius 2 is 2.11 bits per heavy atom. The zero-order chi connectivity index (χ0) is 20.3. The lowest BCUT2D eigenvalue weighted by Crippen LogP contribution is -2.28. The van der Waals surface area contributed by atoms with Gasteiger partial charge in [-0.2, -0.15) is 5.26 Å². The molecule has 5 heteroatoms. The Morgan fingerprint density at radius 1 is 1.39 bits per heavy atom. The number of rotatable bonds is 5. The smallest absolute Gasteiger partial charge is 0.249 e. The van der Waals surface area contributed by atoms with Crippen molar-refractivity contribution in [1.82, 2.24) is 0 Å². The zero-order valence-corrected chi connectivity index (χ0v) is 18.1. The van der Waals surface area contributed by atoms with E-state index in [4.69, 9.17) is 11.6 Å².